The van der Waals surface area contributed by atoms with Crippen LogP contribution in [-0.2, 0) is 6.42 Å². The summed E-state index contributed by atoms with van der Waals surface area (Å²) in [5.41, 5.74) is 0.861. The normalized spacial score (nSPS) is 11.8. The molecule has 1 N–H and O–H groups in total. The number of likely N-dealkylation sites (N-methyl/N-ethyl adjacent to an activating group) is 1. The number of halogens is 1. The largest absolute Gasteiger partial charge is 0.334 e. The molecule has 0 amide bonds. The Labute approximate surface area is 149 Å². The first-order valence-corrected chi connectivity index (χ1v) is 7.35. The van der Waals surface area contributed by atoms with E-state index in [9.17, 15) is 10.1 Å². The number of nitro groups is 1. The van der Waals surface area contributed by atoms with E-state index in [0.717, 1.165) is 0 Å². The fourth-order valence-corrected chi connectivity index (χ4v) is 2.25. The Kier molecular flexibility index (Phi) is 5.84. The van der Waals surface area contributed by atoms with E-state index in [-0.39, 0.29) is 30.0 Å². The van der Waals surface area contributed by atoms with Gasteiger partial charge in [0.15, 0.2) is 5.82 Å². The minimum Gasteiger partial charge on any atom is -0.334 e. The molecule has 0 spiro atoms. The second kappa shape index (κ2) is 7.86. The van der Waals surface area contributed by atoms with Crippen molar-refractivity contribution in [1.29, 1.82) is 0 Å². The van der Waals surface area contributed by atoms with Gasteiger partial charge in [0.05, 0.1) is 11.3 Å². The van der Waals surface area contributed by atoms with Gasteiger partial charge < -0.3 is 14.4 Å². The van der Waals surface area contributed by atoms with E-state index in [4.69, 9.17) is 4.52 Å². The van der Waals surface area contributed by atoms with E-state index >= 15 is 0 Å². The zero-order valence-corrected chi connectivity index (χ0v) is 14.4. The molecule has 0 fully saturated rings. The predicted octanol–water partition coefficient (Wildman–Crippen LogP) is 2.40. The molecule has 1 aromatic carbocycles. The lowest BCUT2D eigenvalue weighted by Gasteiger charge is -2.05. The number of hydrogen-bond donors (Lipinski definition) is 1. The Morgan fingerprint density at radius 2 is 2.24 bits per heavy atom. The smallest absolute Gasteiger partial charge is 0.294 e. The summed E-state index contributed by atoms with van der Waals surface area (Å²) < 4.78 is 6.81. The number of nitrogens with one attached hydrogen (secondary N) is 1. The third-order valence-corrected chi connectivity index (χ3v) is 3.65. The molecule has 0 saturated heterocycles. The Morgan fingerprint density at radius 1 is 1.44 bits per heavy atom. The lowest BCUT2D eigenvalue weighted by molar-refractivity contribution is -0.384. The van der Waals surface area contributed by atoms with Crippen LogP contribution in [0.3, 0.4) is 0 Å². The second-order valence-corrected chi connectivity index (χ2v) is 5.34. The quantitative estimate of drug-likeness (QED) is 0.527. The monoisotopic (exact) mass is 364 g/mol. The first-order chi connectivity index (χ1) is 11.6. The van der Waals surface area contributed by atoms with Gasteiger partial charge in [-0.3, -0.25) is 10.1 Å². The number of nitro benzene ring substituents is 1. The molecule has 0 radical (unpaired) electrons. The minimum atomic E-state index is -0.445. The summed E-state index contributed by atoms with van der Waals surface area (Å²) in [6.07, 6.45) is 5.32. The van der Waals surface area contributed by atoms with E-state index in [1.165, 1.54) is 12.4 Å². The van der Waals surface area contributed by atoms with Crippen molar-refractivity contribution < 1.29 is 9.45 Å². The number of hydrogen-bond acceptors (Lipinski definition) is 7. The third kappa shape index (κ3) is 4.01. The zero-order valence-electron chi connectivity index (χ0n) is 13.6. The molecular formula is C15H17ClN6O3. The first kappa shape index (κ1) is 18.6. The van der Waals surface area contributed by atoms with Gasteiger partial charge in [-0.15, -0.1) is 12.4 Å². The van der Waals surface area contributed by atoms with E-state index in [0.29, 0.717) is 23.5 Å². The molecule has 10 heteroatoms. The van der Waals surface area contributed by atoms with Crippen LogP contribution < -0.4 is 5.32 Å². The van der Waals surface area contributed by atoms with Gasteiger partial charge in [0.25, 0.3) is 11.6 Å². The maximum atomic E-state index is 11.4. The van der Waals surface area contributed by atoms with Gasteiger partial charge in [-0.25, -0.2) is 4.98 Å². The molecule has 0 aliphatic rings. The van der Waals surface area contributed by atoms with Gasteiger partial charge in [0.2, 0.25) is 0 Å². The summed E-state index contributed by atoms with van der Waals surface area (Å²) in [6.45, 7) is 2.00. The summed E-state index contributed by atoms with van der Waals surface area (Å²) in [6, 6.07) is 4.97. The topological polar surface area (TPSA) is 112 Å². The van der Waals surface area contributed by atoms with Crippen molar-refractivity contribution in [1.82, 2.24) is 25.0 Å². The van der Waals surface area contributed by atoms with Crippen LogP contribution in [-0.4, -0.2) is 37.7 Å². The third-order valence-electron chi connectivity index (χ3n) is 3.65. The second-order valence-electron chi connectivity index (χ2n) is 5.34. The Hall–Kier alpha value is -2.78. The number of aromatic nitrogens is 4. The molecule has 0 bridgehead atoms. The number of rotatable bonds is 6. The van der Waals surface area contributed by atoms with Crippen molar-refractivity contribution in [2.75, 3.05) is 7.05 Å². The lowest BCUT2D eigenvalue weighted by Crippen LogP contribution is -2.24. The number of benzene rings is 1. The maximum Gasteiger partial charge on any atom is 0.294 e. The molecule has 25 heavy (non-hydrogen) atoms. The van der Waals surface area contributed by atoms with Crippen molar-refractivity contribution in [2.45, 2.75) is 19.4 Å². The maximum absolute atomic E-state index is 11.4. The van der Waals surface area contributed by atoms with Gasteiger partial charge in [0, 0.05) is 36.5 Å². The average molecular weight is 365 g/mol. The number of imidazole rings is 1. The summed E-state index contributed by atoms with van der Waals surface area (Å²) in [5.74, 6) is 0.807. The summed E-state index contributed by atoms with van der Waals surface area (Å²) in [7, 11) is 1.85. The Bertz CT molecular complexity index is 849. The molecule has 3 rings (SSSR count). The van der Waals surface area contributed by atoms with Gasteiger partial charge in [-0.05, 0) is 26.1 Å². The molecule has 2 heterocycles. The highest BCUT2D eigenvalue weighted by Crippen LogP contribution is 2.28. The van der Waals surface area contributed by atoms with Crippen molar-refractivity contribution in [3.05, 3.63) is 52.9 Å². The SMILES string of the molecule is CNC(C)Cc1noc(-c2ccc(-n3ccnc3)c([N+](=O)[O-])c2)n1.Cl. The minimum absolute atomic E-state index is 0. The molecular weight excluding hydrogens is 348 g/mol. The average Bonchev–Trinajstić information content (AvgIpc) is 3.26. The zero-order chi connectivity index (χ0) is 17.1. The van der Waals surface area contributed by atoms with Crippen LogP contribution in [0, 0.1) is 10.1 Å². The Morgan fingerprint density at radius 3 is 2.88 bits per heavy atom. The van der Waals surface area contributed by atoms with E-state index in [1.54, 1.807) is 29.1 Å². The molecule has 132 valence electrons. The Balaban J connectivity index is 0.00000225. The van der Waals surface area contributed by atoms with Crippen LogP contribution in [0.2, 0.25) is 0 Å². The molecule has 1 unspecified atom stereocenters. The summed E-state index contributed by atoms with van der Waals surface area (Å²) >= 11 is 0. The van der Waals surface area contributed by atoms with Crippen molar-refractivity contribution in [2.24, 2.45) is 0 Å². The fraction of sp³-hybridized carbons (Fsp3) is 0.267. The highest BCUT2D eigenvalue weighted by atomic mass is 35.5. The van der Waals surface area contributed by atoms with Crippen molar-refractivity contribution in [3.8, 4) is 17.1 Å². The summed E-state index contributed by atoms with van der Waals surface area (Å²) in [4.78, 5) is 19.2. The molecule has 1 atom stereocenters. The predicted molar refractivity (Wildman–Crippen MR) is 93.0 cm³/mol. The molecule has 0 aliphatic carbocycles. The van der Waals surface area contributed by atoms with Crippen LogP contribution in [0.4, 0.5) is 5.69 Å². The van der Waals surface area contributed by atoms with Crippen LogP contribution in [0.25, 0.3) is 17.1 Å². The fourth-order valence-electron chi connectivity index (χ4n) is 2.25. The standard InChI is InChI=1S/C15H16N6O3.ClH/c1-10(16-2)7-14-18-15(24-19-14)11-3-4-12(13(8-11)21(22)23)20-6-5-17-9-20;/h3-6,8-10,16H,7H2,1-2H3;1H. The van der Waals surface area contributed by atoms with Crippen molar-refractivity contribution in [3.63, 3.8) is 0 Å². The number of nitrogens with zero attached hydrogens (tertiary/aromatic N) is 5. The highest BCUT2D eigenvalue weighted by molar-refractivity contribution is 5.85. The van der Waals surface area contributed by atoms with Gasteiger partial charge in [-0.1, -0.05) is 5.16 Å². The van der Waals surface area contributed by atoms with Gasteiger partial charge >= 0.3 is 0 Å². The molecule has 2 aromatic heterocycles. The van der Waals surface area contributed by atoms with Gasteiger partial charge in [-0.2, -0.15) is 4.98 Å². The van der Waals surface area contributed by atoms with Crippen molar-refractivity contribution >= 4 is 18.1 Å². The van der Waals surface area contributed by atoms with E-state index < -0.39 is 4.92 Å². The van der Waals surface area contributed by atoms with Crippen LogP contribution in [0.15, 0.2) is 41.4 Å². The highest BCUT2D eigenvalue weighted by Gasteiger charge is 2.19. The lowest BCUT2D eigenvalue weighted by atomic mass is 10.1. The molecule has 3 aromatic rings. The van der Waals surface area contributed by atoms with Crippen LogP contribution >= 0.6 is 12.4 Å². The van der Waals surface area contributed by atoms with E-state index in [2.05, 4.69) is 20.4 Å². The van der Waals surface area contributed by atoms with Gasteiger partial charge in [0.1, 0.15) is 5.69 Å². The van der Waals surface area contributed by atoms with Crippen LogP contribution in [0.1, 0.15) is 12.7 Å². The molecule has 0 saturated carbocycles. The first-order valence-electron chi connectivity index (χ1n) is 7.35. The van der Waals surface area contributed by atoms with Crippen LogP contribution in [0.5, 0.6) is 0 Å². The van der Waals surface area contributed by atoms with E-state index in [1.807, 2.05) is 14.0 Å². The molecule has 9 nitrogen and oxygen atoms in total. The molecule has 0 aliphatic heterocycles. The summed E-state index contributed by atoms with van der Waals surface area (Å²) in [5, 5.41) is 18.4.